The van der Waals surface area contributed by atoms with Crippen molar-refractivity contribution in [2.45, 2.75) is 6.92 Å². The molecule has 0 unspecified atom stereocenters. The molecule has 0 bridgehead atoms. The van der Waals surface area contributed by atoms with Crippen molar-refractivity contribution in [1.82, 2.24) is 5.43 Å². The number of carbonyl (C=O) groups excluding carboxylic acids is 2. The van der Waals surface area contributed by atoms with Crippen LogP contribution in [0.5, 0.6) is 11.5 Å². The first kappa shape index (κ1) is 22.0. The van der Waals surface area contributed by atoms with Crippen LogP contribution in [0.4, 0.5) is 5.69 Å². The zero-order chi connectivity index (χ0) is 22.4. The Hall–Kier alpha value is -3.65. The molecule has 0 heterocycles. The Morgan fingerprint density at radius 3 is 2.42 bits per heavy atom. The van der Waals surface area contributed by atoms with Crippen LogP contribution >= 0.6 is 15.9 Å². The van der Waals surface area contributed by atoms with Gasteiger partial charge in [-0.15, -0.1) is 0 Å². The molecule has 7 nitrogen and oxygen atoms in total. The van der Waals surface area contributed by atoms with Crippen molar-refractivity contribution in [2.24, 2.45) is 5.10 Å². The van der Waals surface area contributed by atoms with E-state index in [-0.39, 0.29) is 23.0 Å². The highest BCUT2D eigenvalue weighted by Gasteiger charge is 2.15. The number of nitrogens with zero attached hydrogens (tertiary/aromatic N) is 1. The van der Waals surface area contributed by atoms with Gasteiger partial charge in [0, 0.05) is 5.56 Å². The molecule has 2 amide bonds. The van der Waals surface area contributed by atoms with Crippen LogP contribution in [0.25, 0.3) is 0 Å². The van der Waals surface area contributed by atoms with Gasteiger partial charge < -0.3 is 15.2 Å². The molecule has 8 heteroatoms. The van der Waals surface area contributed by atoms with E-state index < -0.39 is 5.91 Å². The van der Waals surface area contributed by atoms with Crippen LogP contribution in [0.1, 0.15) is 31.8 Å². The summed E-state index contributed by atoms with van der Waals surface area (Å²) in [6.07, 6.45) is 1.42. The lowest BCUT2D eigenvalue weighted by molar-refractivity contribution is 0.0956. The third-order valence-corrected chi connectivity index (χ3v) is 5.06. The highest BCUT2D eigenvalue weighted by molar-refractivity contribution is 9.10. The number of phenols is 1. The predicted octanol–water partition coefficient (Wildman–Crippen LogP) is 4.49. The maximum Gasteiger partial charge on any atom is 0.273 e. The number of para-hydroxylation sites is 1. The van der Waals surface area contributed by atoms with Crippen LogP contribution in [-0.2, 0) is 0 Å². The minimum absolute atomic E-state index is 0.0259. The van der Waals surface area contributed by atoms with Gasteiger partial charge in [0.05, 0.1) is 29.0 Å². The number of carbonyl (C=O) groups is 2. The average molecular weight is 482 g/mol. The van der Waals surface area contributed by atoms with Crippen molar-refractivity contribution in [3.05, 3.63) is 87.4 Å². The number of amides is 2. The molecule has 0 atom stereocenters. The number of halogens is 1. The smallest absolute Gasteiger partial charge is 0.273 e. The molecule has 0 saturated heterocycles. The van der Waals surface area contributed by atoms with Gasteiger partial charge >= 0.3 is 0 Å². The number of rotatable bonds is 6. The Labute approximate surface area is 187 Å². The van der Waals surface area contributed by atoms with Crippen molar-refractivity contribution in [1.29, 1.82) is 0 Å². The fraction of sp³-hybridized carbons (Fsp3) is 0.0870. The Morgan fingerprint density at radius 1 is 1.03 bits per heavy atom. The van der Waals surface area contributed by atoms with Crippen LogP contribution in [-0.4, -0.2) is 30.2 Å². The lowest BCUT2D eigenvalue weighted by Gasteiger charge is -2.11. The molecule has 0 aromatic heterocycles. The fourth-order valence-electron chi connectivity index (χ4n) is 2.86. The van der Waals surface area contributed by atoms with E-state index in [9.17, 15) is 14.7 Å². The summed E-state index contributed by atoms with van der Waals surface area (Å²) in [5.41, 5.74) is 5.05. The molecule has 0 radical (unpaired) electrons. The summed E-state index contributed by atoms with van der Waals surface area (Å²) in [5.74, 6) is -0.543. The molecule has 0 aliphatic heterocycles. The van der Waals surface area contributed by atoms with E-state index in [1.54, 1.807) is 48.5 Å². The number of methoxy groups -OCH3 is 1. The van der Waals surface area contributed by atoms with Crippen LogP contribution in [0.3, 0.4) is 0 Å². The van der Waals surface area contributed by atoms with Crippen molar-refractivity contribution in [3.8, 4) is 11.5 Å². The summed E-state index contributed by atoms with van der Waals surface area (Å²) in [7, 11) is 1.44. The molecule has 0 aliphatic carbocycles. The Morgan fingerprint density at radius 2 is 1.71 bits per heavy atom. The highest BCUT2D eigenvalue weighted by atomic mass is 79.9. The molecule has 3 aromatic rings. The van der Waals surface area contributed by atoms with Crippen molar-refractivity contribution in [2.75, 3.05) is 12.4 Å². The number of aromatic hydroxyl groups is 1. The molecule has 0 saturated carbocycles. The van der Waals surface area contributed by atoms with Crippen molar-refractivity contribution in [3.63, 3.8) is 0 Å². The molecule has 0 aliphatic rings. The first-order valence-electron chi connectivity index (χ1n) is 9.26. The maximum atomic E-state index is 12.6. The van der Waals surface area contributed by atoms with Gasteiger partial charge in [-0.05, 0) is 64.3 Å². The number of aryl methyl sites for hydroxylation is 1. The average Bonchev–Trinajstić information content (AvgIpc) is 2.76. The second-order valence-corrected chi connectivity index (χ2v) is 7.42. The lowest BCUT2D eigenvalue weighted by atomic mass is 10.1. The molecule has 31 heavy (non-hydrogen) atoms. The van der Waals surface area contributed by atoms with Gasteiger partial charge in [0.25, 0.3) is 11.8 Å². The molecule has 3 aromatic carbocycles. The monoisotopic (exact) mass is 481 g/mol. The first-order chi connectivity index (χ1) is 14.9. The van der Waals surface area contributed by atoms with Gasteiger partial charge in [-0.3, -0.25) is 9.59 Å². The standard InChI is InChI=1S/C23H20BrN3O4/c1-14-7-3-4-8-16(14)22(29)26-19-10-6-5-9-17(19)23(30)27-25-13-15-11-18(24)21(28)20(12-15)31-2/h3-13,28H,1-2H3,(H,26,29)(H,27,30)/b25-13-. The summed E-state index contributed by atoms with van der Waals surface area (Å²) in [4.78, 5) is 25.3. The van der Waals surface area contributed by atoms with Crippen LogP contribution in [0.2, 0.25) is 0 Å². The third-order valence-electron chi connectivity index (χ3n) is 4.46. The number of hydrogen-bond acceptors (Lipinski definition) is 5. The third kappa shape index (κ3) is 5.29. The predicted molar refractivity (Wildman–Crippen MR) is 123 cm³/mol. The molecule has 3 rings (SSSR count). The van der Waals surface area contributed by atoms with E-state index in [0.29, 0.717) is 21.3 Å². The number of ether oxygens (including phenoxy) is 1. The largest absolute Gasteiger partial charge is 0.503 e. The van der Waals surface area contributed by atoms with Crippen molar-refractivity contribution >= 4 is 39.6 Å². The van der Waals surface area contributed by atoms with E-state index >= 15 is 0 Å². The second kappa shape index (κ2) is 9.90. The first-order valence-corrected chi connectivity index (χ1v) is 10.1. The highest BCUT2D eigenvalue weighted by Crippen LogP contribution is 2.34. The minimum Gasteiger partial charge on any atom is -0.503 e. The molecule has 3 N–H and O–H groups in total. The molecular formula is C23H20BrN3O4. The van der Waals surface area contributed by atoms with Gasteiger partial charge in [-0.25, -0.2) is 5.43 Å². The van der Waals surface area contributed by atoms with E-state index in [2.05, 4.69) is 31.8 Å². The summed E-state index contributed by atoms with van der Waals surface area (Å²) >= 11 is 3.23. The second-order valence-electron chi connectivity index (χ2n) is 6.57. The van der Waals surface area contributed by atoms with Gasteiger partial charge in [-0.2, -0.15) is 5.10 Å². The summed E-state index contributed by atoms with van der Waals surface area (Å²) in [6.45, 7) is 1.85. The topological polar surface area (TPSA) is 100 Å². The van der Waals surface area contributed by atoms with Gasteiger partial charge in [0.2, 0.25) is 0 Å². The van der Waals surface area contributed by atoms with Gasteiger partial charge in [0.1, 0.15) is 0 Å². The zero-order valence-corrected chi connectivity index (χ0v) is 18.4. The normalized spacial score (nSPS) is 10.7. The fourth-order valence-corrected chi connectivity index (χ4v) is 3.32. The molecule has 158 valence electrons. The minimum atomic E-state index is -0.484. The van der Waals surface area contributed by atoms with Crippen molar-refractivity contribution < 1.29 is 19.4 Å². The Bertz CT molecular complexity index is 1160. The number of anilines is 1. The SMILES string of the molecule is COc1cc(/C=N\NC(=O)c2ccccc2NC(=O)c2ccccc2C)cc(Br)c1O. The number of hydrazone groups is 1. The van der Waals surface area contributed by atoms with Gasteiger partial charge in [0.15, 0.2) is 11.5 Å². The summed E-state index contributed by atoms with van der Waals surface area (Å²) in [5, 5.41) is 16.6. The molecule has 0 spiro atoms. The quantitative estimate of drug-likeness (QED) is 0.356. The Balaban J connectivity index is 1.75. The Kier molecular flexibility index (Phi) is 7.04. The van der Waals surface area contributed by atoms with Crippen LogP contribution in [0, 0.1) is 6.92 Å². The van der Waals surface area contributed by atoms with Crippen LogP contribution < -0.4 is 15.5 Å². The maximum absolute atomic E-state index is 12.6. The lowest BCUT2D eigenvalue weighted by Crippen LogP contribution is -2.21. The number of benzene rings is 3. The molecular weight excluding hydrogens is 462 g/mol. The molecule has 0 fully saturated rings. The van der Waals surface area contributed by atoms with E-state index in [0.717, 1.165) is 5.56 Å². The number of nitrogens with one attached hydrogen (secondary N) is 2. The van der Waals surface area contributed by atoms with E-state index in [1.165, 1.54) is 13.3 Å². The summed E-state index contributed by atoms with van der Waals surface area (Å²) < 4.78 is 5.53. The summed E-state index contributed by atoms with van der Waals surface area (Å²) in [6, 6.07) is 17.1. The van der Waals surface area contributed by atoms with Gasteiger partial charge in [-0.1, -0.05) is 30.3 Å². The zero-order valence-electron chi connectivity index (χ0n) is 16.8. The van der Waals surface area contributed by atoms with E-state index in [1.807, 2.05) is 19.1 Å². The van der Waals surface area contributed by atoms with Crippen LogP contribution in [0.15, 0.2) is 70.2 Å². The number of hydrogen-bond donors (Lipinski definition) is 3. The van der Waals surface area contributed by atoms with E-state index in [4.69, 9.17) is 4.74 Å². The number of phenolic OH excluding ortho intramolecular Hbond substituents is 1.